The highest BCUT2D eigenvalue weighted by atomic mass is 127. The molecule has 1 aromatic rings. The molecule has 0 aliphatic heterocycles. The van der Waals surface area contributed by atoms with Crippen molar-refractivity contribution in [2.45, 2.75) is 32.7 Å². The number of ether oxygens (including phenoxy) is 1. The van der Waals surface area contributed by atoms with Gasteiger partial charge < -0.3 is 15.4 Å². The lowest BCUT2D eigenvalue weighted by atomic mass is 10.3. The summed E-state index contributed by atoms with van der Waals surface area (Å²) in [6.45, 7) is 5.85. The second kappa shape index (κ2) is 11.8. The van der Waals surface area contributed by atoms with Crippen molar-refractivity contribution < 1.29 is 4.74 Å². The van der Waals surface area contributed by atoms with Crippen molar-refractivity contribution in [2.24, 2.45) is 4.99 Å². The first-order valence-electron chi connectivity index (χ1n) is 6.91. The second-order valence-corrected chi connectivity index (χ2v) is 4.47. The zero-order chi connectivity index (χ0) is 13.9. The van der Waals surface area contributed by atoms with E-state index in [1.807, 2.05) is 30.3 Å². The zero-order valence-electron chi connectivity index (χ0n) is 12.6. The van der Waals surface area contributed by atoms with Gasteiger partial charge in [-0.2, -0.15) is 0 Å². The van der Waals surface area contributed by atoms with Gasteiger partial charge in [-0.3, -0.25) is 4.99 Å². The maximum Gasteiger partial charge on any atom is 0.191 e. The van der Waals surface area contributed by atoms with E-state index in [0.29, 0.717) is 12.6 Å². The van der Waals surface area contributed by atoms with Crippen LogP contribution in [-0.2, 0) is 0 Å². The van der Waals surface area contributed by atoms with Crippen LogP contribution in [0.1, 0.15) is 26.7 Å². The Hall–Kier alpha value is -0.980. The quantitative estimate of drug-likeness (QED) is 0.325. The molecular formula is C15H26IN3O. The molecule has 5 heteroatoms. The first kappa shape index (κ1) is 19.0. The fourth-order valence-electron chi connectivity index (χ4n) is 1.52. The van der Waals surface area contributed by atoms with Gasteiger partial charge in [-0.15, -0.1) is 24.0 Å². The van der Waals surface area contributed by atoms with Gasteiger partial charge >= 0.3 is 0 Å². The van der Waals surface area contributed by atoms with E-state index in [1.165, 1.54) is 0 Å². The maximum absolute atomic E-state index is 5.62. The van der Waals surface area contributed by atoms with Gasteiger partial charge in [0.2, 0.25) is 0 Å². The van der Waals surface area contributed by atoms with Crippen LogP contribution in [0.5, 0.6) is 5.75 Å². The standard InChI is InChI=1S/C15H25N3O.HI/c1-4-13(2)18-15(16-3)17-11-8-12-19-14-9-6-5-7-10-14;/h5-7,9-10,13H,4,8,11-12H2,1-3H3,(H2,16,17,18);1H. The van der Waals surface area contributed by atoms with Gasteiger partial charge in [0.1, 0.15) is 5.75 Å². The SMILES string of the molecule is CCC(C)NC(=NC)NCCCOc1ccccc1.I. The Bertz CT molecular complexity index is 371. The first-order chi connectivity index (χ1) is 9.26. The molecule has 0 spiro atoms. The monoisotopic (exact) mass is 391 g/mol. The van der Waals surface area contributed by atoms with Gasteiger partial charge in [0.15, 0.2) is 5.96 Å². The van der Waals surface area contributed by atoms with Gasteiger partial charge in [-0.05, 0) is 31.9 Å². The molecule has 114 valence electrons. The van der Waals surface area contributed by atoms with Crippen molar-refractivity contribution in [3.8, 4) is 5.75 Å². The van der Waals surface area contributed by atoms with Crippen molar-refractivity contribution in [2.75, 3.05) is 20.2 Å². The topological polar surface area (TPSA) is 45.7 Å². The molecule has 0 amide bonds. The van der Waals surface area contributed by atoms with Crippen LogP contribution < -0.4 is 15.4 Å². The van der Waals surface area contributed by atoms with Crippen molar-refractivity contribution in [1.29, 1.82) is 0 Å². The van der Waals surface area contributed by atoms with Crippen LogP contribution in [0.15, 0.2) is 35.3 Å². The smallest absolute Gasteiger partial charge is 0.191 e. The van der Waals surface area contributed by atoms with Crippen LogP contribution >= 0.6 is 24.0 Å². The van der Waals surface area contributed by atoms with E-state index in [-0.39, 0.29) is 24.0 Å². The molecule has 0 aromatic heterocycles. The van der Waals surface area contributed by atoms with Crippen molar-refractivity contribution in [3.63, 3.8) is 0 Å². The fourth-order valence-corrected chi connectivity index (χ4v) is 1.52. The summed E-state index contributed by atoms with van der Waals surface area (Å²) in [5.41, 5.74) is 0. The van der Waals surface area contributed by atoms with E-state index < -0.39 is 0 Å². The number of guanidine groups is 1. The van der Waals surface area contributed by atoms with E-state index in [4.69, 9.17) is 4.74 Å². The molecule has 0 aliphatic carbocycles. The Balaban J connectivity index is 0.00000361. The summed E-state index contributed by atoms with van der Waals surface area (Å²) in [7, 11) is 1.79. The Morgan fingerprint density at radius 3 is 2.60 bits per heavy atom. The molecule has 0 radical (unpaired) electrons. The zero-order valence-corrected chi connectivity index (χ0v) is 14.9. The molecule has 4 nitrogen and oxygen atoms in total. The highest BCUT2D eigenvalue weighted by molar-refractivity contribution is 14.0. The summed E-state index contributed by atoms with van der Waals surface area (Å²) in [4.78, 5) is 4.19. The molecular weight excluding hydrogens is 365 g/mol. The molecule has 0 bridgehead atoms. The summed E-state index contributed by atoms with van der Waals surface area (Å²) in [6.07, 6.45) is 2.02. The number of rotatable bonds is 7. The Labute approximate surface area is 139 Å². The van der Waals surface area contributed by atoms with Gasteiger partial charge in [0.25, 0.3) is 0 Å². The minimum atomic E-state index is 0. The van der Waals surface area contributed by atoms with Crippen molar-refractivity contribution in [3.05, 3.63) is 30.3 Å². The second-order valence-electron chi connectivity index (χ2n) is 4.47. The van der Waals surface area contributed by atoms with Crippen LogP contribution in [0.25, 0.3) is 0 Å². The number of aliphatic imine (C=N–C) groups is 1. The number of nitrogens with zero attached hydrogens (tertiary/aromatic N) is 1. The minimum Gasteiger partial charge on any atom is -0.494 e. The highest BCUT2D eigenvalue weighted by Gasteiger charge is 2.01. The lowest BCUT2D eigenvalue weighted by Crippen LogP contribution is -2.42. The molecule has 0 heterocycles. The summed E-state index contributed by atoms with van der Waals surface area (Å²) >= 11 is 0. The third-order valence-corrected chi connectivity index (χ3v) is 2.84. The summed E-state index contributed by atoms with van der Waals surface area (Å²) < 4.78 is 5.62. The molecule has 1 unspecified atom stereocenters. The Morgan fingerprint density at radius 2 is 2.00 bits per heavy atom. The van der Waals surface area contributed by atoms with Gasteiger partial charge in [0.05, 0.1) is 6.61 Å². The van der Waals surface area contributed by atoms with Crippen molar-refractivity contribution >= 4 is 29.9 Å². The number of hydrogen-bond donors (Lipinski definition) is 2. The summed E-state index contributed by atoms with van der Waals surface area (Å²) in [5, 5.41) is 6.60. The van der Waals surface area contributed by atoms with E-state index >= 15 is 0 Å². The number of para-hydroxylation sites is 1. The highest BCUT2D eigenvalue weighted by Crippen LogP contribution is 2.07. The van der Waals surface area contributed by atoms with E-state index in [9.17, 15) is 0 Å². The van der Waals surface area contributed by atoms with Crippen molar-refractivity contribution in [1.82, 2.24) is 10.6 Å². The number of hydrogen-bond acceptors (Lipinski definition) is 2. The predicted molar refractivity (Wildman–Crippen MR) is 96.2 cm³/mol. The largest absolute Gasteiger partial charge is 0.494 e. The molecule has 0 fully saturated rings. The lowest BCUT2D eigenvalue weighted by molar-refractivity contribution is 0.311. The Kier molecular flexibility index (Phi) is 11.2. The average molecular weight is 391 g/mol. The maximum atomic E-state index is 5.62. The van der Waals surface area contributed by atoms with Gasteiger partial charge in [-0.1, -0.05) is 25.1 Å². The lowest BCUT2D eigenvalue weighted by Gasteiger charge is -2.16. The van der Waals surface area contributed by atoms with Gasteiger partial charge in [0, 0.05) is 19.6 Å². The van der Waals surface area contributed by atoms with Crippen LogP contribution in [0, 0.1) is 0 Å². The van der Waals surface area contributed by atoms with E-state index in [0.717, 1.165) is 31.1 Å². The normalized spacial score (nSPS) is 12.2. The van der Waals surface area contributed by atoms with E-state index in [1.54, 1.807) is 7.05 Å². The molecule has 0 saturated carbocycles. The minimum absolute atomic E-state index is 0. The molecule has 1 aromatic carbocycles. The number of benzene rings is 1. The molecule has 2 N–H and O–H groups in total. The average Bonchev–Trinajstić information content (AvgIpc) is 2.46. The molecule has 0 aliphatic rings. The number of nitrogens with one attached hydrogen (secondary N) is 2. The molecule has 0 saturated heterocycles. The predicted octanol–water partition coefficient (Wildman–Crippen LogP) is 3.04. The molecule has 1 rings (SSSR count). The first-order valence-corrected chi connectivity index (χ1v) is 6.91. The van der Waals surface area contributed by atoms with Crippen LogP contribution in [0.3, 0.4) is 0 Å². The number of halogens is 1. The third-order valence-electron chi connectivity index (χ3n) is 2.84. The molecule has 1 atom stereocenters. The summed E-state index contributed by atoms with van der Waals surface area (Å²) in [5.74, 6) is 1.78. The summed E-state index contributed by atoms with van der Waals surface area (Å²) in [6, 6.07) is 10.3. The van der Waals surface area contributed by atoms with Crippen LogP contribution in [-0.4, -0.2) is 32.2 Å². The molecule has 20 heavy (non-hydrogen) atoms. The van der Waals surface area contributed by atoms with Gasteiger partial charge in [-0.25, -0.2) is 0 Å². The third kappa shape index (κ3) is 8.24. The van der Waals surface area contributed by atoms with Crippen LogP contribution in [0.4, 0.5) is 0 Å². The Morgan fingerprint density at radius 1 is 1.30 bits per heavy atom. The van der Waals surface area contributed by atoms with Crippen LogP contribution in [0.2, 0.25) is 0 Å². The van der Waals surface area contributed by atoms with E-state index in [2.05, 4.69) is 29.5 Å². The fraction of sp³-hybridized carbons (Fsp3) is 0.533.